The van der Waals surface area contributed by atoms with Gasteiger partial charge in [0, 0.05) is 12.6 Å². The molecule has 5 nitrogen and oxygen atoms in total. The van der Waals surface area contributed by atoms with Crippen molar-refractivity contribution in [3.63, 3.8) is 0 Å². The summed E-state index contributed by atoms with van der Waals surface area (Å²) in [6.45, 7) is 3.65. The van der Waals surface area contributed by atoms with Crippen LogP contribution in [-0.4, -0.2) is 47.4 Å². The molecule has 1 fully saturated rings. The van der Waals surface area contributed by atoms with Gasteiger partial charge in [-0.2, -0.15) is 0 Å². The van der Waals surface area contributed by atoms with Crippen molar-refractivity contribution >= 4 is 6.09 Å². The second-order valence-electron chi connectivity index (χ2n) is 9.90. The van der Waals surface area contributed by atoms with E-state index in [9.17, 15) is 14.3 Å². The summed E-state index contributed by atoms with van der Waals surface area (Å²) in [7, 11) is 0. The number of nitrogens with one attached hydrogen (secondary N) is 1. The molecule has 4 unspecified atom stereocenters. The van der Waals surface area contributed by atoms with Crippen LogP contribution < -0.4 is 5.32 Å². The van der Waals surface area contributed by atoms with Gasteiger partial charge in [0.15, 0.2) is 0 Å². The zero-order valence-electron chi connectivity index (χ0n) is 21.4. The van der Waals surface area contributed by atoms with Crippen molar-refractivity contribution in [3.8, 4) is 0 Å². The van der Waals surface area contributed by atoms with E-state index in [2.05, 4.69) is 17.1 Å². The fourth-order valence-corrected chi connectivity index (χ4v) is 5.24. The molecular weight excluding hydrogens is 467 g/mol. The number of halogens is 1. The summed E-state index contributed by atoms with van der Waals surface area (Å²) in [5.74, 6) is 0.167. The summed E-state index contributed by atoms with van der Waals surface area (Å²) in [4.78, 5) is 15.0. The van der Waals surface area contributed by atoms with Gasteiger partial charge in [-0.25, -0.2) is 9.18 Å². The number of nitrogens with zero attached hydrogens (tertiary/aromatic N) is 1. The lowest BCUT2D eigenvalue weighted by atomic mass is 9.84. The van der Waals surface area contributed by atoms with Crippen LogP contribution in [0.15, 0.2) is 84.9 Å². The van der Waals surface area contributed by atoms with Crippen LogP contribution in [0.4, 0.5) is 9.18 Å². The maximum atomic E-state index is 13.4. The second kappa shape index (κ2) is 13.4. The topological polar surface area (TPSA) is 61.8 Å². The van der Waals surface area contributed by atoms with Crippen LogP contribution in [-0.2, 0) is 17.8 Å². The first-order valence-corrected chi connectivity index (χ1v) is 13.2. The van der Waals surface area contributed by atoms with Gasteiger partial charge >= 0.3 is 6.09 Å². The molecule has 0 aromatic heterocycles. The van der Waals surface area contributed by atoms with Gasteiger partial charge in [0.25, 0.3) is 0 Å². The van der Waals surface area contributed by atoms with Crippen LogP contribution in [0.25, 0.3) is 0 Å². The highest BCUT2D eigenvalue weighted by Crippen LogP contribution is 2.33. The van der Waals surface area contributed by atoms with E-state index in [1.807, 2.05) is 72.8 Å². The summed E-state index contributed by atoms with van der Waals surface area (Å²) in [5.41, 5.74) is 3.12. The van der Waals surface area contributed by atoms with Gasteiger partial charge in [-0.3, -0.25) is 4.90 Å². The number of aliphatic hydroxyl groups is 1. The minimum absolute atomic E-state index is 0.176. The van der Waals surface area contributed by atoms with E-state index in [0.29, 0.717) is 24.9 Å². The molecule has 0 spiro atoms. The monoisotopic (exact) mass is 504 g/mol. The molecular formula is C31H37FN2O3. The van der Waals surface area contributed by atoms with Crippen molar-refractivity contribution in [1.82, 2.24) is 10.2 Å². The Morgan fingerprint density at radius 3 is 2.32 bits per heavy atom. The molecule has 4 atom stereocenters. The van der Waals surface area contributed by atoms with Gasteiger partial charge in [0.1, 0.15) is 12.4 Å². The van der Waals surface area contributed by atoms with Crippen molar-refractivity contribution in [2.75, 3.05) is 13.1 Å². The van der Waals surface area contributed by atoms with Gasteiger partial charge in [-0.05, 0) is 67.0 Å². The first kappa shape index (κ1) is 26.8. The summed E-state index contributed by atoms with van der Waals surface area (Å²) in [6.07, 6.45) is 2.08. The zero-order valence-corrected chi connectivity index (χ0v) is 21.4. The third-order valence-corrected chi connectivity index (χ3v) is 7.35. The van der Waals surface area contributed by atoms with E-state index in [1.165, 1.54) is 17.7 Å². The fourth-order valence-electron chi connectivity index (χ4n) is 5.24. The van der Waals surface area contributed by atoms with E-state index in [0.717, 1.165) is 36.9 Å². The molecule has 1 saturated heterocycles. The first-order chi connectivity index (χ1) is 18.0. The Morgan fingerprint density at radius 2 is 1.68 bits per heavy atom. The quantitative estimate of drug-likeness (QED) is 0.373. The highest BCUT2D eigenvalue weighted by atomic mass is 19.1. The summed E-state index contributed by atoms with van der Waals surface area (Å²) in [6, 6.07) is 26.1. The Hall–Kier alpha value is -3.22. The Bertz CT molecular complexity index is 1090. The SMILES string of the molecule is CCC1CC(c2ccc(F)cc2)CCN1CC(O)C(Cc1ccccc1)NC(=O)OCc1ccccc1. The summed E-state index contributed by atoms with van der Waals surface area (Å²) >= 11 is 0. The smallest absolute Gasteiger partial charge is 0.407 e. The van der Waals surface area contributed by atoms with Crippen molar-refractivity contribution in [2.45, 2.75) is 63.3 Å². The van der Waals surface area contributed by atoms with Crippen LogP contribution in [0.3, 0.4) is 0 Å². The van der Waals surface area contributed by atoms with E-state index < -0.39 is 18.2 Å². The predicted molar refractivity (Wildman–Crippen MR) is 144 cm³/mol. The molecule has 1 aliphatic heterocycles. The van der Waals surface area contributed by atoms with Gasteiger partial charge in [0.05, 0.1) is 12.1 Å². The maximum Gasteiger partial charge on any atom is 0.407 e. The van der Waals surface area contributed by atoms with E-state index in [1.54, 1.807) is 0 Å². The molecule has 0 aliphatic carbocycles. The highest BCUT2D eigenvalue weighted by molar-refractivity contribution is 5.67. The van der Waals surface area contributed by atoms with Gasteiger partial charge < -0.3 is 15.2 Å². The number of likely N-dealkylation sites (tertiary alicyclic amines) is 1. The number of carbonyl (C=O) groups is 1. The van der Waals surface area contributed by atoms with E-state index in [-0.39, 0.29) is 12.4 Å². The largest absolute Gasteiger partial charge is 0.445 e. The number of ether oxygens (including phenoxy) is 1. The number of amides is 1. The maximum absolute atomic E-state index is 13.4. The standard InChI is InChI=1S/C31H37FN2O3/c1-2-28-20-26(25-13-15-27(32)16-14-25)17-18-34(28)21-30(35)29(19-23-9-5-3-6-10-23)33-31(36)37-22-24-11-7-4-8-12-24/h3-16,26,28-30,35H,2,17-22H2,1H3,(H,33,36). The van der Waals surface area contributed by atoms with Crippen LogP contribution >= 0.6 is 0 Å². The molecule has 4 rings (SSSR count). The normalized spacial score (nSPS) is 19.6. The molecule has 37 heavy (non-hydrogen) atoms. The third-order valence-electron chi connectivity index (χ3n) is 7.35. The predicted octanol–water partition coefficient (Wildman–Crippen LogP) is 5.68. The van der Waals surface area contributed by atoms with Gasteiger partial charge in [-0.15, -0.1) is 0 Å². The second-order valence-corrected chi connectivity index (χ2v) is 9.90. The molecule has 0 radical (unpaired) electrons. The van der Waals surface area contributed by atoms with E-state index in [4.69, 9.17) is 4.74 Å². The van der Waals surface area contributed by atoms with E-state index >= 15 is 0 Å². The number of β-amino-alcohol motifs (C(OH)–C–C–N with tert-alkyl or cyclic N) is 1. The number of alkyl carbamates (subject to hydrolysis) is 1. The molecule has 2 N–H and O–H groups in total. The van der Waals surface area contributed by atoms with Gasteiger partial charge in [-0.1, -0.05) is 79.7 Å². The number of hydrogen-bond acceptors (Lipinski definition) is 4. The number of hydrogen-bond donors (Lipinski definition) is 2. The minimum atomic E-state index is -0.763. The molecule has 1 aliphatic rings. The number of benzene rings is 3. The van der Waals surface area contributed by atoms with Crippen molar-refractivity contribution in [2.24, 2.45) is 0 Å². The average Bonchev–Trinajstić information content (AvgIpc) is 2.93. The van der Waals surface area contributed by atoms with Crippen LogP contribution in [0.5, 0.6) is 0 Å². The number of aliphatic hydroxyl groups excluding tert-OH is 1. The molecule has 0 saturated carbocycles. The molecule has 3 aromatic carbocycles. The first-order valence-electron chi connectivity index (χ1n) is 13.2. The Kier molecular flexibility index (Phi) is 9.69. The lowest BCUT2D eigenvalue weighted by Crippen LogP contribution is -2.52. The number of rotatable bonds is 10. The lowest BCUT2D eigenvalue weighted by Gasteiger charge is -2.41. The van der Waals surface area contributed by atoms with Crippen LogP contribution in [0, 0.1) is 5.82 Å². The van der Waals surface area contributed by atoms with Gasteiger partial charge in [0.2, 0.25) is 0 Å². The molecule has 6 heteroatoms. The van der Waals surface area contributed by atoms with Crippen LogP contribution in [0.1, 0.15) is 48.8 Å². The summed E-state index contributed by atoms with van der Waals surface area (Å²) in [5, 5.41) is 14.3. The minimum Gasteiger partial charge on any atom is -0.445 e. The molecule has 1 amide bonds. The zero-order chi connectivity index (χ0) is 26.0. The Morgan fingerprint density at radius 1 is 1.03 bits per heavy atom. The Balaban J connectivity index is 1.39. The van der Waals surface area contributed by atoms with Crippen molar-refractivity contribution in [3.05, 3.63) is 107 Å². The molecule has 3 aromatic rings. The molecule has 196 valence electrons. The lowest BCUT2D eigenvalue weighted by molar-refractivity contribution is 0.0379. The Labute approximate surface area is 219 Å². The fraction of sp³-hybridized carbons (Fsp3) is 0.387. The van der Waals surface area contributed by atoms with Crippen molar-refractivity contribution in [1.29, 1.82) is 0 Å². The third kappa shape index (κ3) is 7.88. The van der Waals surface area contributed by atoms with Crippen molar-refractivity contribution < 1.29 is 19.0 Å². The average molecular weight is 505 g/mol. The highest BCUT2D eigenvalue weighted by Gasteiger charge is 2.32. The molecule has 0 bridgehead atoms. The number of carbonyl (C=O) groups excluding carboxylic acids is 1. The van der Waals surface area contributed by atoms with Crippen LogP contribution in [0.2, 0.25) is 0 Å². The summed E-state index contributed by atoms with van der Waals surface area (Å²) < 4.78 is 18.8. The number of piperidine rings is 1. The molecule has 1 heterocycles.